The van der Waals surface area contributed by atoms with Crippen molar-refractivity contribution >= 4 is 62.1 Å². The quantitative estimate of drug-likeness (QED) is 0.277. The predicted molar refractivity (Wildman–Crippen MR) is 146 cm³/mol. The summed E-state index contributed by atoms with van der Waals surface area (Å²) in [5, 5.41) is 1.32. The number of halogens is 2. The first-order valence-electron chi connectivity index (χ1n) is 11.0. The van der Waals surface area contributed by atoms with E-state index in [-0.39, 0.29) is 5.91 Å². The highest BCUT2D eigenvalue weighted by Crippen LogP contribution is 2.36. The van der Waals surface area contributed by atoms with Crippen molar-refractivity contribution < 1.29 is 9.53 Å². The Morgan fingerprint density at radius 1 is 1.09 bits per heavy atom. The molecule has 1 heterocycles. The zero-order valence-corrected chi connectivity index (χ0v) is 22.1. The number of nitrogens with zero attached hydrogens (tertiary/aromatic N) is 2. The average Bonchev–Trinajstić information content (AvgIpc) is 3.10. The fourth-order valence-corrected chi connectivity index (χ4v) is 4.91. The molecule has 0 saturated carbocycles. The zero-order chi connectivity index (χ0) is 24.1. The molecule has 0 unspecified atom stereocenters. The molecule has 0 aromatic heterocycles. The van der Waals surface area contributed by atoms with Crippen LogP contribution in [-0.2, 0) is 11.4 Å². The molecule has 174 valence electrons. The van der Waals surface area contributed by atoms with Gasteiger partial charge in [-0.25, -0.2) is 4.99 Å². The second-order valence-electron chi connectivity index (χ2n) is 7.89. The van der Waals surface area contributed by atoms with Crippen LogP contribution in [0.4, 0.5) is 5.69 Å². The first-order chi connectivity index (χ1) is 16.4. The molecule has 1 fully saturated rings. The molecule has 0 atom stereocenters. The minimum Gasteiger partial charge on any atom is -0.488 e. The van der Waals surface area contributed by atoms with E-state index in [0.717, 1.165) is 33.5 Å². The molecule has 4 nitrogen and oxygen atoms in total. The van der Waals surface area contributed by atoms with Crippen molar-refractivity contribution in [3.05, 3.63) is 97.8 Å². The van der Waals surface area contributed by atoms with Crippen LogP contribution < -0.4 is 4.74 Å². The summed E-state index contributed by atoms with van der Waals surface area (Å²) in [7, 11) is 0. The largest absolute Gasteiger partial charge is 0.488 e. The van der Waals surface area contributed by atoms with Crippen molar-refractivity contribution in [1.82, 2.24) is 4.90 Å². The Morgan fingerprint density at radius 2 is 1.82 bits per heavy atom. The number of ether oxygens (including phenoxy) is 1. The molecule has 4 rings (SSSR count). The Kier molecular flexibility index (Phi) is 8.14. The van der Waals surface area contributed by atoms with Gasteiger partial charge in [0.05, 0.1) is 10.6 Å². The number of hydrogen-bond acceptors (Lipinski definition) is 4. The summed E-state index contributed by atoms with van der Waals surface area (Å²) in [5.41, 5.74) is 3.89. The Bertz CT molecular complexity index is 1240. The number of hydrogen-bond donors (Lipinski definition) is 0. The van der Waals surface area contributed by atoms with Gasteiger partial charge >= 0.3 is 0 Å². The van der Waals surface area contributed by atoms with Crippen molar-refractivity contribution in [2.24, 2.45) is 4.99 Å². The SMILES string of the molecule is CCCN1C(=O)/C(=C/c2cc(Br)ccc2OCc2ccc(C)cc2)SC1=Nc1ccc(Cl)cc1. The zero-order valence-electron chi connectivity index (χ0n) is 18.9. The van der Waals surface area contributed by atoms with Crippen LogP contribution in [0.25, 0.3) is 6.08 Å². The molecule has 1 aliphatic heterocycles. The lowest BCUT2D eigenvalue weighted by molar-refractivity contribution is -0.122. The molecule has 0 bridgehead atoms. The number of aryl methyl sites for hydroxylation is 1. The summed E-state index contributed by atoms with van der Waals surface area (Å²) < 4.78 is 7.04. The third-order valence-electron chi connectivity index (χ3n) is 5.16. The number of carbonyl (C=O) groups excluding carboxylic acids is 1. The molecule has 7 heteroatoms. The minimum atomic E-state index is -0.0518. The van der Waals surface area contributed by atoms with Gasteiger partial charge in [-0.3, -0.25) is 9.69 Å². The van der Waals surface area contributed by atoms with E-state index in [0.29, 0.717) is 28.2 Å². The molecule has 0 aliphatic carbocycles. The van der Waals surface area contributed by atoms with Gasteiger partial charge in [0, 0.05) is 21.6 Å². The van der Waals surface area contributed by atoms with Gasteiger partial charge in [0.25, 0.3) is 5.91 Å². The molecule has 0 radical (unpaired) electrons. The van der Waals surface area contributed by atoms with Gasteiger partial charge in [-0.15, -0.1) is 0 Å². The summed E-state index contributed by atoms with van der Waals surface area (Å²) in [6.45, 7) is 5.16. The van der Waals surface area contributed by atoms with Gasteiger partial charge in [0.15, 0.2) is 5.17 Å². The van der Waals surface area contributed by atoms with Crippen LogP contribution in [0, 0.1) is 6.92 Å². The highest BCUT2D eigenvalue weighted by Gasteiger charge is 2.33. The summed E-state index contributed by atoms with van der Waals surface area (Å²) in [6.07, 6.45) is 2.72. The summed E-state index contributed by atoms with van der Waals surface area (Å²) >= 11 is 10.9. The van der Waals surface area contributed by atoms with Crippen LogP contribution in [0.15, 0.2) is 81.1 Å². The maximum absolute atomic E-state index is 13.2. The molecule has 3 aromatic carbocycles. The number of benzene rings is 3. The lowest BCUT2D eigenvalue weighted by atomic mass is 10.1. The Morgan fingerprint density at radius 3 is 2.53 bits per heavy atom. The van der Waals surface area contributed by atoms with Gasteiger partial charge in [0.1, 0.15) is 12.4 Å². The van der Waals surface area contributed by atoms with Crippen LogP contribution in [0.2, 0.25) is 5.02 Å². The molecule has 1 aliphatic rings. The number of amidine groups is 1. The van der Waals surface area contributed by atoms with Crippen LogP contribution in [0.1, 0.15) is 30.0 Å². The Labute approximate surface area is 217 Å². The van der Waals surface area contributed by atoms with E-state index in [9.17, 15) is 4.79 Å². The van der Waals surface area contributed by atoms with Crippen LogP contribution >= 0.6 is 39.3 Å². The Hall–Kier alpha value is -2.54. The predicted octanol–water partition coefficient (Wildman–Crippen LogP) is 8.00. The van der Waals surface area contributed by atoms with E-state index in [2.05, 4.69) is 47.1 Å². The van der Waals surface area contributed by atoms with E-state index in [4.69, 9.17) is 21.3 Å². The lowest BCUT2D eigenvalue weighted by Gasteiger charge is -2.14. The average molecular weight is 556 g/mol. The van der Waals surface area contributed by atoms with Crippen LogP contribution in [-0.4, -0.2) is 22.5 Å². The van der Waals surface area contributed by atoms with Crippen LogP contribution in [0.3, 0.4) is 0 Å². The molecule has 0 N–H and O–H groups in total. The van der Waals surface area contributed by atoms with E-state index >= 15 is 0 Å². The van der Waals surface area contributed by atoms with E-state index in [1.54, 1.807) is 17.0 Å². The first kappa shape index (κ1) is 24.6. The monoisotopic (exact) mass is 554 g/mol. The summed E-state index contributed by atoms with van der Waals surface area (Å²) in [4.78, 5) is 20.3. The molecule has 0 spiro atoms. The van der Waals surface area contributed by atoms with Crippen molar-refractivity contribution in [1.29, 1.82) is 0 Å². The topological polar surface area (TPSA) is 41.9 Å². The fourth-order valence-electron chi connectivity index (χ4n) is 3.39. The third kappa shape index (κ3) is 6.12. The molecular formula is C27H24BrClN2O2S. The maximum atomic E-state index is 13.2. The molecular weight excluding hydrogens is 532 g/mol. The fraction of sp³-hybridized carbons (Fsp3) is 0.185. The normalized spacial score (nSPS) is 16.0. The number of amides is 1. The highest BCUT2D eigenvalue weighted by molar-refractivity contribution is 9.10. The highest BCUT2D eigenvalue weighted by atomic mass is 79.9. The molecule has 1 saturated heterocycles. The molecule has 1 amide bonds. The van der Waals surface area contributed by atoms with E-state index < -0.39 is 0 Å². The van der Waals surface area contributed by atoms with E-state index in [1.807, 2.05) is 43.3 Å². The second-order valence-corrected chi connectivity index (χ2v) is 10.3. The molecule has 34 heavy (non-hydrogen) atoms. The minimum absolute atomic E-state index is 0.0518. The second kappa shape index (κ2) is 11.3. The summed E-state index contributed by atoms with van der Waals surface area (Å²) in [6, 6.07) is 21.4. The van der Waals surface area contributed by atoms with Crippen molar-refractivity contribution in [2.45, 2.75) is 26.9 Å². The van der Waals surface area contributed by atoms with Gasteiger partial charge in [-0.05, 0) is 79.2 Å². The third-order valence-corrected chi connectivity index (χ3v) is 6.91. The first-order valence-corrected chi connectivity index (χ1v) is 13.0. The maximum Gasteiger partial charge on any atom is 0.266 e. The number of aliphatic imine (C=N–C) groups is 1. The van der Waals surface area contributed by atoms with Crippen molar-refractivity contribution in [3.8, 4) is 5.75 Å². The summed E-state index contributed by atoms with van der Waals surface area (Å²) in [5.74, 6) is 0.666. The van der Waals surface area contributed by atoms with Gasteiger partial charge < -0.3 is 4.74 Å². The number of carbonyl (C=O) groups is 1. The standard InChI is InChI=1S/C27H24BrClN2O2S/c1-3-14-31-26(32)25(34-27(31)30-23-11-9-22(29)10-12-23)16-20-15-21(28)8-13-24(20)33-17-19-6-4-18(2)5-7-19/h4-13,15-16H,3,14,17H2,1-2H3/b25-16-,30-27?. The van der Waals surface area contributed by atoms with Gasteiger partial charge in [0.2, 0.25) is 0 Å². The van der Waals surface area contributed by atoms with Crippen molar-refractivity contribution in [3.63, 3.8) is 0 Å². The van der Waals surface area contributed by atoms with Gasteiger partial charge in [-0.1, -0.05) is 64.3 Å². The van der Waals surface area contributed by atoms with Gasteiger partial charge in [-0.2, -0.15) is 0 Å². The molecule has 3 aromatic rings. The van der Waals surface area contributed by atoms with E-state index in [1.165, 1.54) is 17.3 Å². The smallest absolute Gasteiger partial charge is 0.266 e. The van der Waals surface area contributed by atoms with Crippen LogP contribution in [0.5, 0.6) is 5.75 Å². The number of rotatable bonds is 7. The number of thioether (sulfide) groups is 1. The van der Waals surface area contributed by atoms with Crippen molar-refractivity contribution in [2.75, 3.05) is 6.54 Å². The lowest BCUT2D eigenvalue weighted by Crippen LogP contribution is -2.29. The Balaban J connectivity index is 1.62.